The van der Waals surface area contributed by atoms with Gasteiger partial charge >= 0.3 is 0 Å². The minimum atomic E-state index is 0.287. The average molecular weight is 431 g/mol. The van der Waals surface area contributed by atoms with Gasteiger partial charge in [-0.3, -0.25) is 0 Å². The van der Waals surface area contributed by atoms with Crippen molar-refractivity contribution < 1.29 is 9.47 Å². The number of ether oxygens (including phenoxy) is 2. The number of anilines is 1. The zero-order chi connectivity index (χ0) is 16.1. The van der Waals surface area contributed by atoms with Gasteiger partial charge in [-0.15, -0.1) is 0 Å². The molecule has 0 fully saturated rings. The third kappa shape index (κ3) is 2.16. The molecule has 0 bridgehead atoms. The fourth-order valence-electron chi connectivity index (χ4n) is 3.22. The van der Waals surface area contributed by atoms with Gasteiger partial charge in [0, 0.05) is 21.2 Å². The predicted octanol–water partition coefficient (Wildman–Crippen LogP) is 3.84. The lowest BCUT2D eigenvalue weighted by atomic mass is 10.1. The molecule has 5 nitrogen and oxygen atoms in total. The summed E-state index contributed by atoms with van der Waals surface area (Å²) < 4.78 is 14.1. The number of hydrogen-bond donors (Lipinski definition) is 1. The molecule has 0 saturated carbocycles. The first kappa shape index (κ1) is 14.2. The monoisotopic (exact) mass is 431 g/mol. The molecule has 0 spiro atoms. The standard InChI is InChI=1S/C18H14IN3O2/c19-12-2-4-13(5-3-12)22-18-14(7-8-20-18)17(21-22)11-1-6-15-16(9-11)24-10-23-15/h1-6,9,20H,7-8,10H2. The van der Waals surface area contributed by atoms with Crippen molar-refractivity contribution in [3.63, 3.8) is 0 Å². The average Bonchev–Trinajstić information content (AvgIpc) is 3.31. The molecule has 120 valence electrons. The molecule has 2 aliphatic heterocycles. The van der Waals surface area contributed by atoms with E-state index < -0.39 is 0 Å². The van der Waals surface area contributed by atoms with Crippen molar-refractivity contribution in [2.45, 2.75) is 6.42 Å². The van der Waals surface area contributed by atoms with Crippen molar-refractivity contribution in [2.75, 3.05) is 18.7 Å². The Kier molecular flexibility index (Phi) is 3.19. The SMILES string of the molecule is Ic1ccc(-n2nc(-c3ccc4c(c3)OCO4)c3c2NCC3)cc1. The van der Waals surface area contributed by atoms with Crippen LogP contribution >= 0.6 is 22.6 Å². The highest BCUT2D eigenvalue weighted by molar-refractivity contribution is 14.1. The molecule has 3 heterocycles. The van der Waals surface area contributed by atoms with Gasteiger partial charge in [0.05, 0.1) is 11.4 Å². The molecule has 1 N–H and O–H groups in total. The van der Waals surface area contributed by atoms with E-state index in [9.17, 15) is 0 Å². The molecular weight excluding hydrogens is 417 g/mol. The van der Waals surface area contributed by atoms with Crippen LogP contribution in [0.5, 0.6) is 11.5 Å². The smallest absolute Gasteiger partial charge is 0.231 e. The van der Waals surface area contributed by atoms with Crippen LogP contribution in [0, 0.1) is 3.57 Å². The Labute approximate surface area is 152 Å². The highest BCUT2D eigenvalue weighted by Crippen LogP contribution is 2.39. The maximum atomic E-state index is 5.51. The fourth-order valence-corrected chi connectivity index (χ4v) is 3.58. The van der Waals surface area contributed by atoms with Crippen LogP contribution < -0.4 is 14.8 Å². The quantitative estimate of drug-likeness (QED) is 0.627. The van der Waals surface area contributed by atoms with E-state index in [1.165, 1.54) is 9.13 Å². The Morgan fingerprint density at radius 2 is 1.88 bits per heavy atom. The Bertz CT molecular complexity index is 934. The van der Waals surface area contributed by atoms with Gasteiger partial charge in [0.25, 0.3) is 0 Å². The molecule has 3 aromatic rings. The van der Waals surface area contributed by atoms with Crippen LogP contribution in [0.4, 0.5) is 5.82 Å². The normalized spacial score (nSPS) is 14.5. The molecular formula is C18H14IN3O2. The molecule has 0 atom stereocenters. The van der Waals surface area contributed by atoms with E-state index in [0.29, 0.717) is 0 Å². The molecule has 24 heavy (non-hydrogen) atoms. The van der Waals surface area contributed by atoms with Crippen molar-refractivity contribution >= 4 is 28.4 Å². The van der Waals surface area contributed by atoms with E-state index >= 15 is 0 Å². The summed E-state index contributed by atoms with van der Waals surface area (Å²) in [6.45, 7) is 1.23. The van der Waals surface area contributed by atoms with E-state index in [1.807, 2.05) is 22.9 Å². The lowest BCUT2D eigenvalue weighted by Crippen LogP contribution is -2.04. The Morgan fingerprint density at radius 1 is 1.04 bits per heavy atom. The van der Waals surface area contributed by atoms with E-state index in [1.54, 1.807) is 0 Å². The molecule has 0 saturated heterocycles. The lowest BCUT2D eigenvalue weighted by molar-refractivity contribution is 0.174. The van der Waals surface area contributed by atoms with Gasteiger partial charge in [0.2, 0.25) is 6.79 Å². The lowest BCUT2D eigenvalue weighted by Gasteiger charge is -2.06. The molecule has 5 rings (SSSR count). The van der Waals surface area contributed by atoms with Crippen molar-refractivity contribution in [1.29, 1.82) is 0 Å². The molecule has 2 aromatic carbocycles. The number of halogens is 1. The van der Waals surface area contributed by atoms with Gasteiger partial charge in [0.15, 0.2) is 11.5 Å². The number of benzene rings is 2. The third-order valence-corrected chi connectivity index (χ3v) is 5.09. The van der Waals surface area contributed by atoms with Crippen LogP contribution in [0.1, 0.15) is 5.56 Å². The summed E-state index contributed by atoms with van der Waals surface area (Å²) in [6.07, 6.45) is 0.976. The van der Waals surface area contributed by atoms with Crippen LogP contribution in [0.2, 0.25) is 0 Å². The molecule has 0 unspecified atom stereocenters. The van der Waals surface area contributed by atoms with Crippen molar-refractivity contribution in [3.8, 4) is 28.4 Å². The van der Waals surface area contributed by atoms with Gasteiger partial charge in [-0.05, 0) is 71.5 Å². The first-order valence-electron chi connectivity index (χ1n) is 7.81. The second kappa shape index (κ2) is 5.41. The predicted molar refractivity (Wildman–Crippen MR) is 100 cm³/mol. The Balaban J connectivity index is 1.65. The summed E-state index contributed by atoms with van der Waals surface area (Å²) >= 11 is 2.31. The highest BCUT2D eigenvalue weighted by atomic mass is 127. The highest BCUT2D eigenvalue weighted by Gasteiger charge is 2.25. The number of rotatable bonds is 2. The van der Waals surface area contributed by atoms with Gasteiger partial charge in [-0.2, -0.15) is 5.10 Å². The summed E-state index contributed by atoms with van der Waals surface area (Å²) in [7, 11) is 0. The van der Waals surface area contributed by atoms with E-state index in [0.717, 1.165) is 47.2 Å². The molecule has 6 heteroatoms. The molecule has 0 aliphatic carbocycles. The van der Waals surface area contributed by atoms with Gasteiger partial charge < -0.3 is 14.8 Å². The Hall–Kier alpha value is -2.22. The number of fused-ring (bicyclic) bond motifs is 2. The van der Waals surface area contributed by atoms with Crippen LogP contribution in [0.3, 0.4) is 0 Å². The fraction of sp³-hybridized carbons (Fsp3) is 0.167. The summed E-state index contributed by atoms with van der Waals surface area (Å²) in [4.78, 5) is 0. The van der Waals surface area contributed by atoms with Crippen LogP contribution in [-0.4, -0.2) is 23.1 Å². The zero-order valence-corrected chi connectivity index (χ0v) is 14.9. The zero-order valence-electron chi connectivity index (χ0n) is 12.8. The maximum Gasteiger partial charge on any atom is 0.231 e. The van der Waals surface area contributed by atoms with Gasteiger partial charge in [-0.1, -0.05) is 0 Å². The molecule has 2 aliphatic rings. The minimum Gasteiger partial charge on any atom is -0.454 e. The van der Waals surface area contributed by atoms with Crippen molar-refractivity contribution in [3.05, 3.63) is 51.6 Å². The van der Waals surface area contributed by atoms with E-state index in [-0.39, 0.29) is 6.79 Å². The largest absolute Gasteiger partial charge is 0.454 e. The topological polar surface area (TPSA) is 48.3 Å². The molecule has 0 amide bonds. The summed E-state index contributed by atoms with van der Waals surface area (Å²) in [5, 5.41) is 8.35. The van der Waals surface area contributed by atoms with Crippen molar-refractivity contribution in [2.24, 2.45) is 0 Å². The second-order valence-corrected chi connectivity index (χ2v) is 7.05. The van der Waals surface area contributed by atoms with Gasteiger partial charge in [0.1, 0.15) is 5.82 Å². The van der Waals surface area contributed by atoms with E-state index in [2.05, 4.69) is 52.2 Å². The van der Waals surface area contributed by atoms with E-state index in [4.69, 9.17) is 14.6 Å². The number of nitrogens with zero attached hydrogens (tertiary/aromatic N) is 2. The summed E-state index contributed by atoms with van der Waals surface area (Å²) in [6, 6.07) is 14.4. The van der Waals surface area contributed by atoms with Crippen LogP contribution in [0.15, 0.2) is 42.5 Å². The third-order valence-electron chi connectivity index (χ3n) is 4.37. The number of hydrogen-bond acceptors (Lipinski definition) is 4. The molecule has 1 aromatic heterocycles. The number of nitrogens with one attached hydrogen (secondary N) is 1. The van der Waals surface area contributed by atoms with Crippen molar-refractivity contribution in [1.82, 2.24) is 9.78 Å². The number of aromatic nitrogens is 2. The van der Waals surface area contributed by atoms with Gasteiger partial charge in [-0.25, -0.2) is 4.68 Å². The first-order chi connectivity index (χ1) is 11.8. The first-order valence-corrected chi connectivity index (χ1v) is 8.89. The minimum absolute atomic E-state index is 0.287. The molecule has 0 radical (unpaired) electrons. The van der Waals surface area contributed by atoms with Crippen LogP contribution in [0.25, 0.3) is 16.9 Å². The van der Waals surface area contributed by atoms with Crippen LogP contribution in [-0.2, 0) is 6.42 Å². The summed E-state index contributed by atoms with van der Waals surface area (Å²) in [5.74, 6) is 2.67. The summed E-state index contributed by atoms with van der Waals surface area (Å²) in [5.41, 5.74) is 4.38. The Morgan fingerprint density at radius 3 is 2.75 bits per heavy atom. The second-order valence-electron chi connectivity index (χ2n) is 5.81. The maximum absolute atomic E-state index is 5.51.